The highest BCUT2D eigenvalue weighted by Gasteiger charge is 2.40. The number of rotatable bonds is 0. The molecular weight excluding hydrogens is 98.1 g/mol. The third-order valence-corrected chi connectivity index (χ3v) is 2.66. The summed E-state index contributed by atoms with van der Waals surface area (Å²) in [5.74, 6) is 1.03. The first-order chi connectivity index (χ1) is 3.79. The molecule has 0 amide bonds. The fourth-order valence-electron chi connectivity index (χ4n) is 2.09. The van der Waals surface area contributed by atoms with Crippen LogP contribution in [0.2, 0.25) is 0 Å². The zero-order valence-electron chi connectivity index (χ0n) is 5.41. The molecular formula is C7H13N. The van der Waals surface area contributed by atoms with Crippen LogP contribution in [0.1, 0.15) is 26.2 Å². The molecule has 0 aromatic carbocycles. The van der Waals surface area contributed by atoms with E-state index < -0.39 is 0 Å². The van der Waals surface area contributed by atoms with E-state index in [1.165, 1.54) is 25.8 Å². The topological polar surface area (TPSA) is 12.0 Å². The average Bonchev–Trinajstić information content (AvgIpc) is 2.21. The monoisotopic (exact) mass is 111 g/mol. The molecule has 0 aromatic heterocycles. The maximum atomic E-state index is 3.53. The van der Waals surface area contributed by atoms with Crippen molar-refractivity contribution in [2.24, 2.45) is 5.92 Å². The zero-order chi connectivity index (χ0) is 5.61. The fraction of sp³-hybridized carbons (Fsp3) is 1.00. The van der Waals surface area contributed by atoms with Crippen molar-refractivity contribution in [3.63, 3.8) is 0 Å². The van der Waals surface area contributed by atoms with Crippen molar-refractivity contribution in [2.75, 3.05) is 6.54 Å². The molecule has 1 heterocycles. The van der Waals surface area contributed by atoms with Crippen LogP contribution in [0.5, 0.6) is 0 Å². The number of nitrogens with one attached hydrogen (secondary N) is 1. The van der Waals surface area contributed by atoms with Crippen molar-refractivity contribution in [3.8, 4) is 0 Å². The zero-order valence-corrected chi connectivity index (χ0v) is 5.41. The van der Waals surface area contributed by atoms with Gasteiger partial charge in [-0.15, -0.1) is 0 Å². The summed E-state index contributed by atoms with van der Waals surface area (Å²) in [6.45, 7) is 3.64. The fourth-order valence-corrected chi connectivity index (χ4v) is 2.09. The largest absolute Gasteiger partial charge is 0.311 e. The molecule has 2 rings (SSSR count). The van der Waals surface area contributed by atoms with Gasteiger partial charge in [0.15, 0.2) is 0 Å². The second-order valence-corrected chi connectivity index (χ2v) is 3.55. The molecule has 2 aliphatic rings. The maximum Gasteiger partial charge on any atom is 0.0156 e. The lowest BCUT2D eigenvalue weighted by atomic mass is 10.0. The van der Waals surface area contributed by atoms with Gasteiger partial charge in [-0.3, -0.25) is 0 Å². The molecule has 1 N–H and O–H groups in total. The van der Waals surface area contributed by atoms with Crippen LogP contribution in [0.3, 0.4) is 0 Å². The predicted octanol–water partition coefficient (Wildman–Crippen LogP) is 1.15. The summed E-state index contributed by atoms with van der Waals surface area (Å²) in [5.41, 5.74) is 0.560. The van der Waals surface area contributed by atoms with Crippen LogP contribution in [0, 0.1) is 5.92 Å². The Morgan fingerprint density at radius 1 is 1.62 bits per heavy atom. The molecule has 1 nitrogen and oxygen atoms in total. The minimum absolute atomic E-state index is 0.560. The Labute approximate surface area is 50.5 Å². The van der Waals surface area contributed by atoms with Gasteiger partial charge in [-0.25, -0.2) is 0 Å². The molecule has 1 unspecified atom stereocenters. The average molecular weight is 111 g/mol. The van der Waals surface area contributed by atoms with Crippen LogP contribution in [0.4, 0.5) is 0 Å². The van der Waals surface area contributed by atoms with E-state index in [0.29, 0.717) is 5.54 Å². The molecule has 2 bridgehead atoms. The smallest absolute Gasteiger partial charge is 0.0156 e. The van der Waals surface area contributed by atoms with E-state index in [-0.39, 0.29) is 0 Å². The molecule has 2 atom stereocenters. The van der Waals surface area contributed by atoms with Gasteiger partial charge in [0.2, 0.25) is 0 Å². The molecule has 2 fully saturated rings. The highest BCUT2D eigenvalue weighted by Crippen LogP contribution is 2.38. The SMILES string of the molecule is C[C@]12CCC(CN1)C2. The molecule has 8 heavy (non-hydrogen) atoms. The van der Waals surface area contributed by atoms with E-state index in [0.717, 1.165) is 5.92 Å². The highest BCUT2D eigenvalue weighted by atomic mass is 15.0. The van der Waals surface area contributed by atoms with Crippen LogP contribution in [-0.2, 0) is 0 Å². The highest BCUT2D eigenvalue weighted by molar-refractivity contribution is 4.99. The molecule has 1 aliphatic carbocycles. The molecule has 0 spiro atoms. The Bertz CT molecular complexity index is 101. The molecule has 0 aromatic rings. The van der Waals surface area contributed by atoms with Gasteiger partial charge in [0.1, 0.15) is 0 Å². The summed E-state index contributed by atoms with van der Waals surface area (Å²) in [6, 6.07) is 0. The number of piperidine rings is 1. The quantitative estimate of drug-likeness (QED) is 0.494. The Morgan fingerprint density at radius 3 is 2.62 bits per heavy atom. The first-order valence-electron chi connectivity index (χ1n) is 3.54. The van der Waals surface area contributed by atoms with Crippen LogP contribution in [0.25, 0.3) is 0 Å². The lowest BCUT2D eigenvalue weighted by Gasteiger charge is -2.21. The maximum absolute atomic E-state index is 3.53. The minimum Gasteiger partial charge on any atom is -0.311 e. The normalized spacial score (nSPS) is 52.9. The standard InChI is InChI=1S/C7H13N/c1-7-3-2-6(4-7)5-8-7/h6,8H,2-5H2,1H3/t6?,7-/m1/s1. The predicted molar refractivity (Wildman–Crippen MR) is 33.7 cm³/mol. The van der Waals surface area contributed by atoms with E-state index >= 15 is 0 Å². The van der Waals surface area contributed by atoms with Gasteiger partial charge < -0.3 is 5.32 Å². The Morgan fingerprint density at radius 2 is 2.50 bits per heavy atom. The van der Waals surface area contributed by atoms with Crippen molar-refractivity contribution in [1.82, 2.24) is 5.32 Å². The molecule has 1 aliphatic heterocycles. The van der Waals surface area contributed by atoms with Crippen LogP contribution in [-0.4, -0.2) is 12.1 Å². The summed E-state index contributed by atoms with van der Waals surface area (Å²) >= 11 is 0. The van der Waals surface area contributed by atoms with Gasteiger partial charge >= 0.3 is 0 Å². The summed E-state index contributed by atoms with van der Waals surface area (Å²) < 4.78 is 0. The molecule has 1 saturated carbocycles. The van der Waals surface area contributed by atoms with Gasteiger partial charge in [-0.2, -0.15) is 0 Å². The van der Waals surface area contributed by atoms with Crippen molar-refractivity contribution in [1.29, 1.82) is 0 Å². The van der Waals surface area contributed by atoms with E-state index in [1.54, 1.807) is 0 Å². The Hall–Kier alpha value is -0.0400. The van der Waals surface area contributed by atoms with E-state index in [9.17, 15) is 0 Å². The third-order valence-electron chi connectivity index (χ3n) is 2.66. The van der Waals surface area contributed by atoms with Gasteiger partial charge in [0, 0.05) is 5.54 Å². The van der Waals surface area contributed by atoms with Crippen LogP contribution >= 0.6 is 0 Å². The Kier molecular flexibility index (Phi) is 0.762. The van der Waals surface area contributed by atoms with E-state index in [4.69, 9.17) is 0 Å². The lowest BCUT2D eigenvalue weighted by Crippen LogP contribution is -2.36. The first-order valence-corrected chi connectivity index (χ1v) is 3.54. The van der Waals surface area contributed by atoms with Crippen molar-refractivity contribution in [2.45, 2.75) is 31.7 Å². The number of hydrogen-bond donors (Lipinski definition) is 1. The summed E-state index contributed by atoms with van der Waals surface area (Å²) in [6.07, 6.45) is 4.33. The summed E-state index contributed by atoms with van der Waals surface area (Å²) in [4.78, 5) is 0. The molecule has 1 saturated heterocycles. The Balaban J connectivity index is 2.19. The van der Waals surface area contributed by atoms with Gasteiger partial charge in [0.05, 0.1) is 0 Å². The van der Waals surface area contributed by atoms with Gasteiger partial charge in [0.25, 0.3) is 0 Å². The summed E-state index contributed by atoms with van der Waals surface area (Å²) in [5, 5.41) is 3.53. The lowest BCUT2D eigenvalue weighted by molar-refractivity contribution is 0.394. The molecule has 0 radical (unpaired) electrons. The summed E-state index contributed by atoms with van der Waals surface area (Å²) in [7, 11) is 0. The van der Waals surface area contributed by atoms with Crippen LogP contribution in [0.15, 0.2) is 0 Å². The van der Waals surface area contributed by atoms with Gasteiger partial charge in [-0.1, -0.05) is 0 Å². The van der Waals surface area contributed by atoms with E-state index in [1.807, 2.05) is 0 Å². The second-order valence-electron chi connectivity index (χ2n) is 3.55. The second kappa shape index (κ2) is 1.27. The molecule has 1 heteroatoms. The van der Waals surface area contributed by atoms with Gasteiger partial charge in [-0.05, 0) is 38.6 Å². The van der Waals surface area contributed by atoms with Crippen LogP contribution < -0.4 is 5.32 Å². The molecule has 46 valence electrons. The third kappa shape index (κ3) is 0.510. The van der Waals surface area contributed by atoms with Crippen molar-refractivity contribution >= 4 is 0 Å². The number of fused-ring (bicyclic) bond motifs is 2. The van der Waals surface area contributed by atoms with Crippen molar-refractivity contribution in [3.05, 3.63) is 0 Å². The van der Waals surface area contributed by atoms with E-state index in [2.05, 4.69) is 12.2 Å². The minimum atomic E-state index is 0.560. The number of hydrogen-bond acceptors (Lipinski definition) is 1. The van der Waals surface area contributed by atoms with Crippen molar-refractivity contribution < 1.29 is 0 Å². The first kappa shape index (κ1) is 4.80.